The van der Waals surface area contributed by atoms with Crippen LogP contribution in [0.5, 0.6) is 0 Å². The number of tetrazole rings is 1. The van der Waals surface area contributed by atoms with Crippen LogP contribution in [0.2, 0.25) is 0 Å². The quantitative estimate of drug-likeness (QED) is 0.518. The van der Waals surface area contributed by atoms with E-state index in [4.69, 9.17) is 0 Å². The van der Waals surface area contributed by atoms with Crippen molar-refractivity contribution in [1.29, 1.82) is 0 Å². The zero-order chi connectivity index (χ0) is 12.7. The van der Waals surface area contributed by atoms with Crippen LogP contribution in [-0.4, -0.2) is 25.0 Å². The molecule has 0 aliphatic carbocycles. The van der Waals surface area contributed by atoms with Gasteiger partial charge in [-0.1, -0.05) is 24.3 Å². The fourth-order valence-corrected chi connectivity index (χ4v) is 2.27. The van der Waals surface area contributed by atoms with Crippen LogP contribution in [-0.2, 0) is 0 Å². The Kier molecular flexibility index (Phi) is 2.05. The number of hydrogen-bond donors (Lipinski definition) is 0. The van der Waals surface area contributed by atoms with E-state index < -0.39 is 0 Å². The van der Waals surface area contributed by atoms with E-state index in [2.05, 4.69) is 32.6 Å². The van der Waals surface area contributed by atoms with Crippen molar-refractivity contribution in [3.05, 3.63) is 54.9 Å². The van der Waals surface area contributed by atoms with Gasteiger partial charge in [-0.2, -0.15) is 4.52 Å². The molecule has 0 unspecified atom stereocenters. The van der Waals surface area contributed by atoms with Gasteiger partial charge in [0, 0.05) is 28.9 Å². The molecule has 1 aromatic carbocycles. The lowest BCUT2D eigenvalue weighted by Crippen LogP contribution is -1.93. The van der Waals surface area contributed by atoms with E-state index in [1.165, 1.54) is 0 Å². The van der Waals surface area contributed by atoms with Crippen molar-refractivity contribution in [1.82, 2.24) is 25.0 Å². The Morgan fingerprint density at radius 3 is 2.84 bits per heavy atom. The summed E-state index contributed by atoms with van der Waals surface area (Å²) in [4.78, 5) is 4.15. The van der Waals surface area contributed by atoms with E-state index in [-0.39, 0.29) is 0 Å². The molecule has 90 valence electrons. The molecular weight excluding hydrogens is 238 g/mol. The van der Waals surface area contributed by atoms with Gasteiger partial charge in [0.15, 0.2) is 5.65 Å². The Morgan fingerprint density at radius 1 is 1.00 bits per heavy atom. The highest BCUT2D eigenvalue weighted by Gasteiger charge is 2.10. The highest BCUT2D eigenvalue weighted by atomic mass is 15.5. The maximum atomic E-state index is 4.15. The van der Waals surface area contributed by atoms with Crippen LogP contribution in [0, 0.1) is 0 Å². The van der Waals surface area contributed by atoms with Crippen molar-refractivity contribution in [2.45, 2.75) is 0 Å². The van der Waals surface area contributed by atoms with E-state index in [1.54, 1.807) is 10.7 Å². The minimum absolute atomic E-state index is 0.742. The molecule has 0 spiro atoms. The second-order valence-corrected chi connectivity index (χ2v) is 4.27. The maximum Gasteiger partial charge on any atom is 0.187 e. The molecule has 0 aliphatic heterocycles. The molecule has 3 heterocycles. The lowest BCUT2D eigenvalue weighted by Gasteiger charge is -2.05. The Bertz CT molecular complexity index is 867. The van der Waals surface area contributed by atoms with Crippen LogP contribution in [0.1, 0.15) is 0 Å². The molecule has 5 heteroatoms. The molecule has 0 fully saturated rings. The van der Waals surface area contributed by atoms with Crippen LogP contribution >= 0.6 is 0 Å². The second-order valence-electron chi connectivity index (χ2n) is 4.27. The molecule has 3 aromatic heterocycles. The highest BCUT2D eigenvalue weighted by molar-refractivity contribution is 5.90. The van der Waals surface area contributed by atoms with Crippen LogP contribution in [0.4, 0.5) is 0 Å². The normalized spacial score (nSPS) is 11.2. The molecule has 0 aliphatic rings. The van der Waals surface area contributed by atoms with Gasteiger partial charge in [-0.3, -0.25) is 4.98 Å². The van der Waals surface area contributed by atoms with Gasteiger partial charge in [-0.05, 0) is 28.6 Å². The summed E-state index contributed by atoms with van der Waals surface area (Å²) in [6, 6.07) is 14.1. The molecule has 4 aromatic rings. The molecule has 0 saturated heterocycles. The number of pyridine rings is 2. The van der Waals surface area contributed by atoms with Gasteiger partial charge in [0.25, 0.3) is 0 Å². The summed E-state index contributed by atoms with van der Waals surface area (Å²) in [5, 5.41) is 13.1. The van der Waals surface area contributed by atoms with Crippen molar-refractivity contribution in [3.63, 3.8) is 0 Å². The maximum absolute atomic E-state index is 4.15. The van der Waals surface area contributed by atoms with Crippen molar-refractivity contribution in [2.75, 3.05) is 0 Å². The third kappa shape index (κ3) is 1.48. The van der Waals surface area contributed by atoms with E-state index in [0.29, 0.717) is 0 Å². The van der Waals surface area contributed by atoms with Crippen molar-refractivity contribution in [3.8, 4) is 11.1 Å². The largest absolute Gasteiger partial charge is 0.264 e. The lowest BCUT2D eigenvalue weighted by molar-refractivity contribution is 0.842. The van der Waals surface area contributed by atoms with Crippen molar-refractivity contribution < 1.29 is 0 Å². The highest BCUT2D eigenvalue weighted by Crippen LogP contribution is 2.26. The van der Waals surface area contributed by atoms with E-state index in [0.717, 1.165) is 27.7 Å². The predicted octanol–water partition coefficient (Wildman–Crippen LogP) is 2.34. The first-order valence-electron chi connectivity index (χ1n) is 5.94. The van der Waals surface area contributed by atoms with Crippen molar-refractivity contribution >= 4 is 16.6 Å². The summed E-state index contributed by atoms with van der Waals surface area (Å²) in [7, 11) is 0. The average Bonchev–Trinajstić information content (AvgIpc) is 2.97. The lowest BCUT2D eigenvalue weighted by atomic mass is 10.1. The molecule has 4 rings (SSSR count). The van der Waals surface area contributed by atoms with E-state index in [1.807, 2.05) is 36.5 Å². The fraction of sp³-hybridized carbons (Fsp3) is 0. The molecule has 0 amide bonds. The first-order chi connectivity index (χ1) is 9.43. The number of hydrogen-bond acceptors (Lipinski definition) is 4. The number of rotatable bonds is 1. The van der Waals surface area contributed by atoms with Gasteiger partial charge in [0.1, 0.15) is 0 Å². The molecule has 0 atom stereocenters. The summed E-state index contributed by atoms with van der Waals surface area (Å²) in [6.07, 6.45) is 3.57. The van der Waals surface area contributed by atoms with Crippen LogP contribution < -0.4 is 0 Å². The van der Waals surface area contributed by atoms with Gasteiger partial charge in [-0.15, -0.1) is 5.10 Å². The fourth-order valence-electron chi connectivity index (χ4n) is 2.27. The standard InChI is InChI=1S/C14H9N5/c1-2-6-13-10(4-1)8-12(11-5-3-7-15-9-11)14-16-17-18-19(13)14/h1-9H. The van der Waals surface area contributed by atoms with E-state index in [9.17, 15) is 0 Å². The van der Waals surface area contributed by atoms with Crippen LogP contribution in [0.3, 0.4) is 0 Å². The smallest absolute Gasteiger partial charge is 0.187 e. The topological polar surface area (TPSA) is 56.0 Å². The number of aromatic nitrogens is 5. The Balaban J connectivity index is 2.17. The Hall–Kier alpha value is -2.82. The minimum Gasteiger partial charge on any atom is -0.264 e. The second kappa shape index (κ2) is 3.84. The summed E-state index contributed by atoms with van der Waals surface area (Å²) >= 11 is 0. The number of nitrogens with zero attached hydrogens (tertiary/aromatic N) is 5. The molecule has 0 bridgehead atoms. The predicted molar refractivity (Wildman–Crippen MR) is 71.5 cm³/mol. The molecule has 0 radical (unpaired) electrons. The summed E-state index contributed by atoms with van der Waals surface area (Å²) in [6.45, 7) is 0. The summed E-state index contributed by atoms with van der Waals surface area (Å²) in [5.41, 5.74) is 3.73. The third-order valence-electron chi connectivity index (χ3n) is 3.15. The van der Waals surface area contributed by atoms with Gasteiger partial charge in [-0.25, -0.2) is 0 Å². The van der Waals surface area contributed by atoms with Crippen molar-refractivity contribution in [2.24, 2.45) is 0 Å². The SMILES string of the molecule is c1cncc(-c2cc3ccccc3n3nnnc23)c1. The zero-order valence-electron chi connectivity index (χ0n) is 9.93. The average molecular weight is 247 g/mol. The Labute approximate surface area is 108 Å². The first kappa shape index (κ1) is 10.1. The summed E-state index contributed by atoms with van der Waals surface area (Å²) in [5.74, 6) is 0. The van der Waals surface area contributed by atoms with Gasteiger partial charge >= 0.3 is 0 Å². The van der Waals surface area contributed by atoms with Gasteiger partial charge in [0.2, 0.25) is 0 Å². The molecule has 0 N–H and O–H groups in total. The minimum atomic E-state index is 0.742. The van der Waals surface area contributed by atoms with Crippen LogP contribution in [0.25, 0.3) is 27.7 Å². The van der Waals surface area contributed by atoms with E-state index >= 15 is 0 Å². The first-order valence-corrected chi connectivity index (χ1v) is 5.94. The monoisotopic (exact) mass is 247 g/mol. The summed E-state index contributed by atoms with van der Waals surface area (Å²) < 4.78 is 1.76. The molecular formula is C14H9N5. The van der Waals surface area contributed by atoms with Crippen LogP contribution in [0.15, 0.2) is 54.9 Å². The van der Waals surface area contributed by atoms with Gasteiger partial charge < -0.3 is 0 Å². The number of fused-ring (bicyclic) bond motifs is 3. The Morgan fingerprint density at radius 2 is 1.95 bits per heavy atom. The zero-order valence-corrected chi connectivity index (χ0v) is 9.93. The molecule has 19 heavy (non-hydrogen) atoms. The van der Waals surface area contributed by atoms with Gasteiger partial charge in [0.05, 0.1) is 5.52 Å². The molecule has 5 nitrogen and oxygen atoms in total. The molecule has 0 saturated carbocycles. The third-order valence-corrected chi connectivity index (χ3v) is 3.15. The number of benzene rings is 1. The number of para-hydroxylation sites is 1.